The number of fused-ring (bicyclic) bond motifs is 2. The van der Waals surface area contributed by atoms with E-state index < -0.39 is 23.2 Å². The van der Waals surface area contributed by atoms with Crippen LogP contribution in [0.5, 0.6) is 0 Å². The van der Waals surface area contributed by atoms with Crippen LogP contribution in [0.1, 0.15) is 46.5 Å². The zero-order valence-electron chi connectivity index (χ0n) is 23.0. The molecule has 37 heavy (non-hydrogen) atoms. The summed E-state index contributed by atoms with van der Waals surface area (Å²) >= 11 is 0. The van der Waals surface area contributed by atoms with Gasteiger partial charge in [0.1, 0.15) is 11.7 Å². The maximum atomic E-state index is 12.9. The van der Waals surface area contributed by atoms with E-state index in [9.17, 15) is 14.7 Å². The normalized spacial score (nSPS) is 53.2. The average molecular weight is 522 g/mol. The predicted octanol–water partition coefficient (Wildman–Crippen LogP) is 1.64. The van der Waals surface area contributed by atoms with Gasteiger partial charge in [0, 0.05) is 88.7 Å². The molecule has 6 rings (SSSR count). The maximum absolute atomic E-state index is 12.9. The molecule has 6 fully saturated rings. The molecule has 13 atom stereocenters. The monoisotopic (exact) mass is 521 g/mol. The number of methoxy groups -OCH3 is 3. The van der Waals surface area contributed by atoms with Gasteiger partial charge in [-0.25, -0.2) is 0 Å². The van der Waals surface area contributed by atoms with Gasteiger partial charge in [0.2, 0.25) is 0 Å². The number of hydrogen-bond acceptors (Lipinski definition) is 9. The van der Waals surface area contributed by atoms with Crippen molar-refractivity contribution in [2.75, 3.05) is 41.0 Å². The van der Waals surface area contributed by atoms with Crippen LogP contribution in [0.2, 0.25) is 0 Å². The summed E-state index contributed by atoms with van der Waals surface area (Å²) in [5, 5.41) is 12.1. The highest BCUT2D eigenvalue weighted by Gasteiger charge is 2.87. The molecule has 1 heterocycles. The predicted molar refractivity (Wildman–Crippen MR) is 131 cm³/mol. The van der Waals surface area contributed by atoms with E-state index in [2.05, 4.69) is 11.8 Å². The molecule has 0 amide bonds. The average Bonchev–Trinajstić information content (AvgIpc) is 3.27. The fourth-order valence-electron chi connectivity index (χ4n) is 11.4. The molecule has 0 aromatic rings. The van der Waals surface area contributed by atoms with Crippen molar-refractivity contribution in [2.24, 2.45) is 40.4 Å². The van der Waals surface area contributed by atoms with E-state index in [0.717, 1.165) is 25.9 Å². The van der Waals surface area contributed by atoms with Crippen molar-refractivity contribution in [1.29, 1.82) is 0 Å². The number of carbonyl (C=O) groups excluding carboxylic acids is 2. The Hall–Kier alpha value is -1.26. The Morgan fingerprint density at radius 3 is 2.41 bits per heavy atom. The molecule has 9 heteroatoms. The van der Waals surface area contributed by atoms with Crippen LogP contribution in [0.25, 0.3) is 0 Å². The molecule has 5 aliphatic carbocycles. The van der Waals surface area contributed by atoms with Crippen LogP contribution in [0.4, 0.5) is 0 Å². The van der Waals surface area contributed by atoms with E-state index in [1.54, 1.807) is 21.3 Å². The summed E-state index contributed by atoms with van der Waals surface area (Å²) in [5.74, 6) is -1.05. The van der Waals surface area contributed by atoms with Crippen molar-refractivity contribution < 1.29 is 38.4 Å². The third kappa shape index (κ3) is 2.98. The van der Waals surface area contributed by atoms with E-state index in [1.165, 1.54) is 13.8 Å². The van der Waals surface area contributed by atoms with Crippen molar-refractivity contribution in [2.45, 2.75) is 82.5 Å². The van der Waals surface area contributed by atoms with Crippen LogP contribution in [-0.4, -0.2) is 99.0 Å². The van der Waals surface area contributed by atoms with Gasteiger partial charge in [-0.15, -0.1) is 0 Å². The third-order valence-corrected chi connectivity index (χ3v) is 11.7. The molecule has 208 valence electrons. The zero-order chi connectivity index (χ0) is 26.5. The molecule has 0 aromatic heterocycles. The fraction of sp³-hybridized carbons (Fsp3) is 0.929. The third-order valence-electron chi connectivity index (χ3n) is 11.7. The van der Waals surface area contributed by atoms with Gasteiger partial charge in [0.05, 0.1) is 24.9 Å². The Bertz CT molecular complexity index is 960. The summed E-state index contributed by atoms with van der Waals surface area (Å²) < 4.78 is 31.0. The SMILES string of the molecule is CCN1C[C@]2(COC)CC[C@H](O)[C@@]34[C@@H]5C[C@H]6[C@H](OC(C)=O)[C@@H]5[C@](OC(C)=O)(C[C@@H]6OC)[C@@H]([C@H](OC)[C@H]23)[C@@H]14. The molecule has 1 spiro atoms. The van der Waals surface area contributed by atoms with Crippen LogP contribution in [-0.2, 0) is 33.3 Å². The molecule has 1 aliphatic heterocycles. The van der Waals surface area contributed by atoms with Crippen molar-refractivity contribution in [3.05, 3.63) is 0 Å². The largest absolute Gasteiger partial charge is 0.462 e. The lowest BCUT2D eigenvalue weighted by atomic mass is 9.43. The molecular weight excluding hydrogens is 478 g/mol. The Balaban J connectivity index is 1.65. The topological polar surface area (TPSA) is 104 Å². The van der Waals surface area contributed by atoms with Gasteiger partial charge in [0.15, 0.2) is 0 Å². The number of carbonyl (C=O) groups is 2. The zero-order valence-corrected chi connectivity index (χ0v) is 23.0. The summed E-state index contributed by atoms with van der Waals surface area (Å²) in [6.07, 6.45) is 1.46. The molecule has 9 nitrogen and oxygen atoms in total. The minimum atomic E-state index is -0.922. The maximum Gasteiger partial charge on any atom is 0.303 e. The number of ether oxygens (including phenoxy) is 5. The first kappa shape index (κ1) is 26.0. The van der Waals surface area contributed by atoms with Gasteiger partial charge < -0.3 is 28.8 Å². The Kier molecular flexibility index (Phi) is 6.05. The van der Waals surface area contributed by atoms with Gasteiger partial charge in [-0.05, 0) is 31.7 Å². The van der Waals surface area contributed by atoms with Crippen LogP contribution < -0.4 is 0 Å². The standard InChI is InChI=1S/C28H43NO8/c1-7-29-12-26(13-33-4)9-8-19(32)28-17-10-16-18(34-5)11-27(37-15(3)31,20(17)22(16)36-14(2)30)21(25(28)29)23(35-6)24(26)28/h16-25,32H,7-13H2,1-6H3/t16-,17-,18+,19+,20-,21+,22+,23+,24-,25-,26+,27-,28+/m1/s1. The number of piperidine rings is 1. The quantitative estimate of drug-likeness (QED) is 0.501. The van der Waals surface area contributed by atoms with Crippen LogP contribution >= 0.6 is 0 Å². The second-order valence-electron chi connectivity index (χ2n) is 12.7. The van der Waals surface area contributed by atoms with Crippen LogP contribution in [0.15, 0.2) is 0 Å². The molecule has 5 saturated carbocycles. The van der Waals surface area contributed by atoms with Crippen molar-refractivity contribution >= 4 is 11.9 Å². The summed E-state index contributed by atoms with van der Waals surface area (Å²) in [4.78, 5) is 27.8. The van der Waals surface area contributed by atoms with Gasteiger partial charge in [-0.3, -0.25) is 14.5 Å². The van der Waals surface area contributed by atoms with E-state index in [1.807, 2.05) is 0 Å². The molecule has 1 saturated heterocycles. The molecular formula is C28H43NO8. The Morgan fingerprint density at radius 2 is 1.81 bits per heavy atom. The summed E-state index contributed by atoms with van der Waals surface area (Å²) in [6, 6.07) is -0.0133. The summed E-state index contributed by atoms with van der Waals surface area (Å²) in [6.45, 7) is 7.38. The van der Waals surface area contributed by atoms with Gasteiger partial charge >= 0.3 is 11.9 Å². The Morgan fingerprint density at radius 1 is 1.05 bits per heavy atom. The van der Waals surface area contributed by atoms with E-state index >= 15 is 0 Å². The number of aliphatic hydroxyl groups excluding tert-OH is 1. The number of esters is 2. The van der Waals surface area contributed by atoms with E-state index in [-0.39, 0.29) is 65.2 Å². The highest BCUT2D eigenvalue weighted by molar-refractivity contribution is 5.68. The van der Waals surface area contributed by atoms with Gasteiger partial charge in [0.25, 0.3) is 0 Å². The molecule has 7 bridgehead atoms. The smallest absolute Gasteiger partial charge is 0.303 e. The first-order valence-electron chi connectivity index (χ1n) is 14.0. The van der Waals surface area contributed by atoms with E-state index in [0.29, 0.717) is 19.4 Å². The molecule has 1 N–H and O–H groups in total. The lowest BCUT2D eigenvalue weighted by Gasteiger charge is -2.69. The second kappa shape index (κ2) is 8.62. The minimum absolute atomic E-state index is 0.00590. The van der Waals surface area contributed by atoms with Crippen molar-refractivity contribution in [3.63, 3.8) is 0 Å². The minimum Gasteiger partial charge on any atom is -0.462 e. The number of hydrogen-bond donors (Lipinski definition) is 1. The lowest BCUT2D eigenvalue weighted by molar-refractivity contribution is -0.278. The summed E-state index contributed by atoms with van der Waals surface area (Å²) in [7, 11) is 5.22. The second-order valence-corrected chi connectivity index (χ2v) is 12.7. The number of rotatable bonds is 7. The summed E-state index contributed by atoms with van der Waals surface area (Å²) in [5.41, 5.74) is -1.57. The van der Waals surface area contributed by atoms with Crippen molar-refractivity contribution in [3.8, 4) is 0 Å². The van der Waals surface area contributed by atoms with Gasteiger partial charge in [-0.2, -0.15) is 0 Å². The fourth-order valence-corrected chi connectivity index (χ4v) is 11.4. The molecule has 0 unspecified atom stereocenters. The number of aliphatic hydroxyl groups is 1. The Labute approximate surface area is 219 Å². The van der Waals surface area contributed by atoms with E-state index in [4.69, 9.17) is 23.7 Å². The van der Waals surface area contributed by atoms with Crippen LogP contribution in [0.3, 0.4) is 0 Å². The van der Waals surface area contributed by atoms with Crippen LogP contribution in [0, 0.1) is 40.4 Å². The number of likely N-dealkylation sites (tertiary alicyclic amines) is 1. The molecule has 6 aliphatic rings. The molecule has 0 radical (unpaired) electrons. The number of nitrogens with zero attached hydrogens (tertiary/aromatic N) is 1. The van der Waals surface area contributed by atoms with Crippen molar-refractivity contribution in [1.82, 2.24) is 4.90 Å². The first-order valence-corrected chi connectivity index (χ1v) is 14.0. The first-order chi connectivity index (χ1) is 17.7. The highest BCUT2D eigenvalue weighted by Crippen LogP contribution is 2.80. The van der Waals surface area contributed by atoms with Gasteiger partial charge in [-0.1, -0.05) is 6.92 Å². The molecule has 0 aromatic carbocycles. The highest BCUT2D eigenvalue weighted by atomic mass is 16.6. The lowest BCUT2D eigenvalue weighted by Crippen LogP contribution is -2.76.